The minimum absolute atomic E-state index is 0.109. The van der Waals surface area contributed by atoms with Crippen molar-refractivity contribution in [3.8, 4) is 0 Å². The van der Waals surface area contributed by atoms with E-state index in [4.69, 9.17) is 5.11 Å². The molecule has 0 unspecified atom stereocenters. The first kappa shape index (κ1) is 24.4. The molecule has 3 heterocycles. The smallest absolute Gasteiger partial charge is 0.303 e. The van der Waals surface area contributed by atoms with E-state index >= 15 is 0 Å². The molecule has 34 heavy (non-hydrogen) atoms. The van der Waals surface area contributed by atoms with Crippen molar-refractivity contribution in [3.63, 3.8) is 0 Å². The highest BCUT2D eigenvalue weighted by molar-refractivity contribution is 7.89. The van der Waals surface area contributed by atoms with Gasteiger partial charge in [0.2, 0.25) is 10.0 Å². The second-order valence-electron chi connectivity index (χ2n) is 9.15. The number of carboxylic acids is 1. The van der Waals surface area contributed by atoms with Gasteiger partial charge in [-0.15, -0.1) is 0 Å². The van der Waals surface area contributed by atoms with Crippen molar-refractivity contribution in [1.29, 1.82) is 0 Å². The predicted octanol–water partition coefficient (Wildman–Crippen LogP) is 3.13. The van der Waals surface area contributed by atoms with Gasteiger partial charge < -0.3 is 20.0 Å². The Morgan fingerprint density at radius 3 is 2.56 bits per heavy atom. The second-order valence-corrected chi connectivity index (χ2v) is 11.0. The van der Waals surface area contributed by atoms with E-state index in [1.54, 1.807) is 28.7 Å². The molecule has 1 saturated carbocycles. The number of sulfonamides is 1. The summed E-state index contributed by atoms with van der Waals surface area (Å²) >= 11 is 0. The van der Waals surface area contributed by atoms with Gasteiger partial charge in [-0.1, -0.05) is 6.92 Å². The van der Waals surface area contributed by atoms with Crippen LogP contribution in [0.5, 0.6) is 0 Å². The third-order valence-electron chi connectivity index (χ3n) is 6.59. The first-order valence-corrected chi connectivity index (χ1v) is 13.2. The maximum absolute atomic E-state index is 13.5. The van der Waals surface area contributed by atoms with E-state index in [-0.39, 0.29) is 17.6 Å². The largest absolute Gasteiger partial charge is 0.481 e. The van der Waals surface area contributed by atoms with Crippen LogP contribution >= 0.6 is 0 Å². The van der Waals surface area contributed by atoms with Crippen LogP contribution in [0.4, 0.5) is 0 Å². The molecule has 1 saturated heterocycles. The molecule has 1 aromatic carbocycles. The van der Waals surface area contributed by atoms with Gasteiger partial charge in [0.1, 0.15) is 5.52 Å². The van der Waals surface area contributed by atoms with Crippen molar-refractivity contribution in [1.82, 2.24) is 19.2 Å². The van der Waals surface area contributed by atoms with Gasteiger partial charge in [0.05, 0.1) is 4.90 Å². The number of pyridine rings is 1. The summed E-state index contributed by atoms with van der Waals surface area (Å²) in [6.45, 7) is 3.42. The Bertz CT molecular complexity index is 1340. The zero-order valence-electron chi connectivity index (χ0n) is 19.6. The van der Waals surface area contributed by atoms with Crippen molar-refractivity contribution in [3.05, 3.63) is 40.8 Å². The maximum Gasteiger partial charge on any atom is 0.303 e. The van der Waals surface area contributed by atoms with Crippen molar-refractivity contribution in [2.24, 2.45) is 0 Å². The van der Waals surface area contributed by atoms with Gasteiger partial charge in [0, 0.05) is 47.5 Å². The lowest BCUT2D eigenvalue weighted by atomic mass is 10.1. The number of likely N-dealkylation sites (N-methyl/N-ethyl adjacent to an activating group) is 1. The summed E-state index contributed by atoms with van der Waals surface area (Å²) in [6, 6.07) is 7.21. The van der Waals surface area contributed by atoms with Gasteiger partial charge >= 0.3 is 5.97 Å². The fraction of sp³-hybridized carbons (Fsp3) is 0.500. The first-order chi connectivity index (χ1) is 16.2. The summed E-state index contributed by atoms with van der Waals surface area (Å²) in [5.74, 6) is -0.711. The standard InChI is InChI=1S/C20H24N4O3S.C4H8O2/c1-23-10-2-3-14(23)12-24(13-4-5-13)28(26,27)15-6-7-18-17(11-15)16-8-9-21-19(16)20(25)22-18;1-2-3-4(5)6/h6-9,11,13-14,21H,2-5,10,12H2,1H3,(H,22,25);2-3H2,1H3,(H,5,6)/t14-;/m1./s1. The second kappa shape index (κ2) is 9.89. The fourth-order valence-corrected chi connectivity index (χ4v) is 6.30. The molecule has 9 nitrogen and oxygen atoms in total. The monoisotopic (exact) mass is 488 g/mol. The summed E-state index contributed by atoms with van der Waals surface area (Å²) in [5, 5.41) is 9.39. The van der Waals surface area contributed by atoms with Gasteiger partial charge in [-0.2, -0.15) is 4.31 Å². The van der Waals surface area contributed by atoms with E-state index in [2.05, 4.69) is 21.9 Å². The van der Waals surface area contributed by atoms with E-state index in [9.17, 15) is 18.0 Å². The average Bonchev–Trinajstić information content (AvgIpc) is 3.33. The van der Waals surface area contributed by atoms with Crippen LogP contribution in [0.3, 0.4) is 0 Å². The normalized spacial score (nSPS) is 19.0. The Hall–Kier alpha value is -2.69. The zero-order chi connectivity index (χ0) is 24.5. The number of carbonyl (C=O) groups is 1. The highest BCUT2D eigenvalue weighted by atomic mass is 32.2. The van der Waals surface area contributed by atoms with Crippen molar-refractivity contribution in [2.45, 2.75) is 62.4 Å². The van der Waals surface area contributed by atoms with E-state index in [0.717, 1.165) is 49.4 Å². The van der Waals surface area contributed by atoms with Crippen molar-refractivity contribution < 1.29 is 18.3 Å². The molecule has 5 rings (SSSR count). The van der Waals surface area contributed by atoms with Gasteiger partial charge in [-0.05, 0) is 70.0 Å². The molecular formula is C24H32N4O5S. The Labute approximate surface area is 198 Å². The summed E-state index contributed by atoms with van der Waals surface area (Å²) in [6.07, 6.45) is 6.74. The zero-order valence-corrected chi connectivity index (χ0v) is 20.4. The fourth-order valence-electron chi connectivity index (χ4n) is 4.56. The highest BCUT2D eigenvalue weighted by Gasteiger charge is 2.40. The molecule has 3 N–H and O–H groups in total. The number of aromatic nitrogens is 2. The van der Waals surface area contributed by atoms with E-state index < -0.39 is 16.0 Å². The number of aliphatic carboxylic acids is 1. The molecule has 1 atom stereocenters. The number of aromatic amines is 2. The predicted molar refractivity (Wildman–Crippen MR) is 132 cm³/mol. The molecule has 0 radical (unpaired) electrons. The SMILES string of the molecule is CCCC(=O)O.CN1CCC[C@@H]1CN(C1CC1)S(=O)(=O)c1ccc2[nH]c(=O)c3[nH]ccc3c2c1. The van der Waals surface area contributed by atoms with Crippen molar-refractivity contribution >= 4 is 37.8 Å². The van der Waals surface area contributed by atoms with Gasteiger partial charge in [-0.3, -0.25) is 9.59 Å². The van der Waals surface area contributed by atoms with Gasteiger partial charge in [0.25, 0.3) is 5.56 Å². The summed E-state index contributed by atoms with van der Waals surface area (Å²) in [5.41, 5.74) is 0.908. The number of likely N-dealkylation sites (tertiary alicyclic amines) is 1. The summed E-state index contributed by atoms with van der Waals surface area (Å²) in [4.78, 5) is 30.1. The molecule has 0 spiro atoms. The molecule has 2 aromatic heterocycles. The topological polar surface area (TPSA) is 127 Å². The summed E-state index contributed by atoms with van der Waals surface area (Å²) in [7, 11) is -1.52. The Kier molecular flexibility index (Phi) is 7.11. The molecule has 2 fully saturated rings. The van der Waals surface area contributed by atoms with Gasteiger partial charge in [-0.25, -0.2) is 8.42 Å². The molecule has 3 aromatic rings. The number of nitrogens with zero attached hydrogens (tertiary/aromatic N) is 2. The van der Waals surface area contributed by atoms with Crippen LogP contribution in [-0.2, 0) is 14.8 Å². The van der Waals surface area contributed by atoms with Crippen LogP contribution < -0.4 is 5.56 Å². The van der Waals surface area contributed by atoms with Crippen molar-refractivity contribution in [2.75, 3.05) is 20.1 Å². The number of H-pyrrole nitrogens is 2. The minimum Gasteiger partial charge on any atom is -0.481 e. The summed E-state index contributed by atoms with van der Waals surface area (Å²) < 4.78 is 28.8. The average molecular weight is 489 g/mol. The molecule has 0 amide bonds. The molecular weight excluding hydrogens is 456 g/mol. The van der Waals surface area contributed by atoms with Crippen LogP contribution in [0.15, 0.2) is 40.2 Å². The first-order valence-electron chi connectivity index (χ1n) is 11.8. The number of benzene rings is 1. The van der Waals surface area contributed by atoms with Crippen LogP contribution in [0.2, 0.25) is 0 Å². The molecule has 10 heteroatoms. The molecule has 0 bridgehead atoms. The van der Waals surface area contributed by atoms with E-state index in [1.807, 2.05) is 13.0 Å². The lowest BCUT2D eigenvalue weighted by Crippen LogP contribution is -2.42. The lowest BCUT2D eigenvalue weighted by Gasteiger charge is -2.28. The number of hydrogen-bond acceptors (Lipinski definition) is 5. The third kappa shape index (κ3) is 5.03. The van der Waals surface area contributed by atoms with Crippen LogP contribution in [0, 0.1) is 0 Å². The van der Waals surface area contributed by atoms with E-state index in [1.165, 1.54) is 0 Å². The third-order valence-corrected chi connectivity index (χ3v) is 8.50. The lowest BCUT2D eigenvalue weighted by molar-refractivity contribution is -0.137. The minimum atomic E-state index is -3.60. The van der Waals surface area contributed by atoms with Gasteiger partial charge in [0.15, 0.2) is 0 Å². The quantitative estimate of drug-likeness (QED) is 0.469. The van der Waals surface area contributed by atoms with E-state index in [0.29, 0.717) is 28.9 Å². The number of rotatable bonds is 7. The van der Waals surface area contributed by atoms with Crippen LogP contribution in [-0.4, -0.2) is 70.9 Å². The van der Waals surface area contributed by atoms with Crippen LogP contribution in [0.1, 0.15) is 45.4 Å². The number of fused-ring (bicyclic) bond motifs is 3. The highest BCUT2D eigenvalue weighted by Crippen LogP contribution is 2.34. The Morgan fingerprint density at radius 1 is 1.21 bits per heavy atom. The number of carboxylic acid groups (broad SMARTS) is 1. The molecule has 184 valence electrons. The Balaban J connectivity index is 0.000000408. The molecule has 1 aliphatic carbocycles. The number of hydrogen-bond donors (Lipinski definition) is 3. The Morgan fingerprint density at radius 2 is 1.97 bits per heavy atom. The maximum atomic E-state index is 13.5. The van der Waals surface area contributed by atoms with Crippen LogP contribution in [0.25, 0.3) is 21.8 Å². The molecule has 2 aliphatic rings. The number of nitrogens with one attached hydrogen (secondary N) is 2. The molecule has 1 aliphatic heterocycles.